The number of rotatable bonds is 5. The maximum Gasteiger partial charge on any atom is 0.123 e. The van der Waals surface area contributed by atoms with Gasteiger partial charge in [-0.2, -0.15) is 0 Å². The Morgan fingerprint density at radius 1 is 1.25 bits per heavy atom. The number of nitrogens with one attached hydrogen (secondary N) is 1. The molecule has 4 heteroatoms. The molecule has 20 heavy (non-hydrogen) atoms. The molecule has 1 aromatic heterocycles. The minimum absolute atomic E-state index is 0.000509. The van der Waals surface area contributed by atoms with Crippen molar-refractivity contribution in [3.63, 3.8) is 0 Å². The van der Waals surface area contributed by atoms with Crippen LogP contribution in [0.3, 0.4) is 0 Å². The van der Waals surface area contributed by atoms with Crippen molar-refractivity contribution in [3.05, 3.63) is 56.0 Å². The third kappa shape index (κ3) is 3.60. The minimum atomic E-state index is -0.192. The Balaban J connectivity index is 2.40. The molecule has 0 aliphatic rings. The Bertz CT molecular complexity index is 554. The lowest BCUT2D eigenvalue weighted by Crippen LogP contribution is -2.22. The van der Waals surface area contributed by atoms with E-state index in [0.29, 0.717) is 0 Å². The monoisotopic (exact) mass is 311 g/mol. The average Bonchev–Trinajstić information content (AvgIpc) is 2.69. The van der Waals surface area contributed by atoms with E-state index in [-0.39, 0.29) is 11.9 Å². The summed E-state index contributed by atoms with van der Waals surface area (Å²) in [6, 6.07) is 7.26. The fraction of sp³-hybridized carbons (Fsp3) is 0.375. The first-order valence-electron chi connectivity index (χ1n) is 6.77. The Morgan fingerprint density at radius 3 is 2.55 bits per heavy atom. The third-order valence-corrected chi connectivity index (χ3v) is 4.78. The van der Waals surface area contributed by atoms with Gasteiger partial charge in [0.2, 0.25) is 0 Å². The summed E-state index contributed by atoms with van der Waals surface area (Å²) in [6.45, 7) is 6.91. The van der Waals surface area contributed by atoms with E-state index in [1.54, 1.807) is 23.5 Å². The molecule has 0 radical (unpaired) electrons. The number of thiophene rings is 1. The molecule has 0 amide bonds. The van der Waals surface area contributed by atoms with E-state index in [0.717, 1.165) is 38.9 Å². The van der Waals surface area contributed by atoms with Gasteiger partial charge in [0.15, 0.2) is 0 Å². The molecule has 0 saturated carbocycles. The molecule has 1 N–H and O–H groups in total. The summed E-state index contributed by atoms with van der Waals surface area (Å²) in [6.07, 6.45) is 1.03. The van der Waals surface area contributed by atoms with Crippen LogP contribution in [0.15, 0.2) is 24.3 Å². The highest BCUT2D eigenvalue weighted by Crippen LogP contribution is 2.34. The summed E-state index contributed by atoms with van der Waals surface area (Å²) < 4.78 is 14.5. The van der Waals surface area contributed by atoms with E-state index in [1.807, 2.05) is 19.9 Å². The molecule has 0 bridgehead atoms. The highest BCUT2D eigenvalue weighted by molar-refractivity contribution is 7.16. The van der Waals surface area contributed by atoms with Crippen molar-refractivity contribution in [1.82, 2.24) is 5.32 Å². The Hall–Kier alpha value is -0.900. The van der Waals surface area contributed by atoms with Crippen LogP contribution in [0.5, 0.6) is 0 Å². The van der Waals surface area contributed by atoms with Crippen molar-refractivity contribution in [2.45, 2.75) is 33.2 Å². The van der Waals surface area contributed by atoms with E-state index in [4.69, 9.17) is 11.6 Å². The molecule has 0 aliphatic carbocycles. The van der Waals surface area contributed by atoms with Crippen LogP contribution in [0, 0.1) is 19.7 Å². The second kappa shape index (κ2) is 6.70. The van der Waals surface area contributed by atoms with Crippen molar-refractivity contribution in [2.24, 2.45) is 0 Å². The summed E-state index contributed by atoms with van der Waals surface area (Å²) in [4.78, 5) is 1.13. The standard InChI is InChI=1S/C16H19ClFNS/c1-4-5-19-15(14-8-11(3)16(17)20-14)12-6-10(2)7-13(18)9-12/h6-9,15,19H,4-5H2,1-3H3. The molecule has 1 heterocycles. The molecule has 108 valence electrons. The van der Waals surface area contributed by atoms with Crippen molar-refractivity contribution in [1.29, 1.82) is 0 Å². The largest absolute Gasteiger partial charge is 0.306 e. The molecule has 1 atom stereocenters. The fourth-order valence-electron chi connectivity index (χ4n) is 2.23. The van der Waals surface area contributed by atoms with Crippen LogP contribution < -0.4 is 5.32 Å². The SMILES string of the molecule is CCCNC(c1cc(C)cc(F)c1)c1cc(C)c(Cl)s1. The normalized spacial score (nSPS) is 12.7. The number of benzene rings is 1. The first-order chi connectivity index (χ1) is 9.51. The van der Waals surface area contributed by atoms with Crippen LogP contribution in [0.1, 0.15) is 41.0 Å². The van der Waals surface area contributed by atoms with Crippen LogP contribution in [-0.4, -0.2) is 6.54 Å². The second-order valence-corrected chi connectivity index (χ2v) is 6.74. The molecule has 0 aliphatic heterocycles. The summed E-state index contributed by atoms with van der Waals surface area (Å²) in [5, 5.41) is 3.48. The zero-order chi connectivity index (χ0) is 14.7. The molecule has 1 unspecified atom stereocenters. The van der Waals surface area contributed by atoms with Crippen molar-refractivity contribution in [2.75, 3.05) is 6.54 Å². The molecule has 0 spiro atoms. The van der Waals surface area contributed by atoms with Crippen LogP contribution in [-0.2, 0) is 0 Å². The molecule has 0 saturated heterocycles. The first kappa shape index (κ1) is 15.5. The van der Waals surface area contributed by atoms with Crippen LogP contribution in [0.25, 0.3) is 0 Å². The average molecular weight is 312 g/mol. The molecule has 2 aromatic rings. The maximum atomic E-state index is 13.7. The van der Waals surface area contributed by atoms with Crippen molar-refractivity contribution >= 4 is 22.9 Å². The maximum absolute atomic E-state index is 13.7. The fourth-order valence-corrected chi connectivity index (χ4v) is 3.55. The Kier molecular flexibility index (Phi) is 5.19. The zero-order valence-electron chi connectivity index (χ0n) is 12.0. The lowest BCUT2D eigenvalue weighted by atomic mass is 10.0. The van der Waals surface area contributed by atoms with Gasteiger partial charge < -0.3 is 5.32 Å². The van der Waals surface area contributed by atoms with Crippen LogP contribution >= 0.6 is 22.9 Å². The van der Waals surface area contributed by atoms with E-state index in [9.17, 15) is 4.39 Å². The topological polar surface area (TPSA) is 12.0 Å². The predicted octanol–water partition coefficient (Wildman–Crippen LogP) is 5.25. The lowest BCUT2D eigenvalue weighted by molar-refractivity contribution is 0.590. The van der Waals surface area contributed by atoms with Crippen LogP contribution in [0.2, 0.25) is 4.34 Å². The quantitative estimate of drug-likeness (QED) is 0.795. The summed E-state index contributed by atoms with van der Waals surface area (Å²) in [5.74, 6) is -0.192. The smallest absolute Gasteiger partial charge is 0.123 e. The van der Waals surface area contributed by atoms with E-state index in [1.165, 1.54) is 0 Å². The molecule has 1 aromatic carbocycles. The first-order valence-corrected chi connectivity index (χ1v) is 7.97. The molecular formula is C16H19ClFNS. The molecule has 0 fully saturated rings. The van der Waals surface area contributed by atoms with E-state index < -0.39 is 0 Å². The predicted molar refractivity (Wildman–Crippen MR) is 85.3 cm³/mol. The second-order valence-electron chi connectivity index (χ2n) is 5.05. The molecule has 1 nitrogen and oxygen atoms in total. The van der Waals surface area contributed by atoms with Gasteiger partial charge in [0, 0.05) is 4.88 Å². The van der Waals surface area contributed by atoms with Gasteiger partial charge in [0.1, 0.15) is 5.82 Å². The van der Waals surface area contributed by atoms with Gasteiger partial charge in [0.25, 0.3) is 0 Å². The van der Waals surface area contributed by atoms with Gasteiger partial charge in [-0.3, -0.25) is 0 Å². The van der Waals surface area contributed by atoms with E-state index >= 15 is 0 Å². The van der Waals surface area contributed by atoms with Gasteiger partial charge in [-0.25, -0.2) is 4.39 Å². The highest BCUT2D eigenvalue weighted by atomic mass is 35.5. The van der Waals surface area contributed by atoms with Gasteiger partial charge in [-0.1, -0.05) is 24.6 Å². The lowest BCUT2D eigenvalue weighted by Gasteiger charge is -2.18. The third-order valence-electron chi connectivity index (χ3n) is 3.16. The zero-order valence-corrected chi connectivity index (χ0v) is 13.5. The number of hydrogen-bond donors (Lipinski definition) is 1. The van der Waals surface area contributed by atoms with Crippen LogP contribution in [0.4, 0.5) is 4.39 Å². The van der Waals surface area contributed by atoms with Gasteiger partial charge in [-0.05, 0) is 61.7 Å². The summed E-state index contributed by atoms with van der Waals surface area (Å²) >= 11 is 7.73. The van der Waals surface area contributed by atoms with Gasteiger partial charge in [0.05, 0.1) is 10.4 Å². The van der Waals surface area contributed by atoms with Gasteiger partial charge in [-0.15, -0.1) is 11.3 Å². The number of halogens is 2. The number of hydrogen-bond acceptors (Lipinski definition) is 2. The van der Waals surface area contributed by atoms with E-state index in [2.05, 4.69) is 18.3 Å². The van der Waals surface area contributed by atoms with Crippen molar-refractivity contribution < 1.29 is 4.39 Å². The van der Waals surface area contributed by atoms with Crippen molar-refractivity contribution in [3.8, 4) is 0 Å². The number of aryl methyl sites for hydroxylation is 2. The summed E-state index contributed by atoms with van der Waals surface area (Å²) in [7, 11) is 0. The molecular weight excluding hydrogens is 293 g/mol. The minimum Gasteiger partial charge on any atom is -0.306 e. The van der Waals surface area contributed by atoms with Gasteiger partial charge >= 0.3 is 0 Å². The summed E-state index contributed by atoms with van der Waals surface area (Å²) in [5.41, 5.74) is 2.96. The Morgan fingerprint density at radius 2 is 2.00 bits per heavy atom. The Labute approximate surface area is 128 Å². The molecule has 2 rings (SSSR count). The highest BCUT2D eigenvalue weighted by Gasteiger charge is 2.18.